The lowest BCUT2D eigenvalue weighted by molar-refractivity contribution is -0.130. The minimum atomic E-state index is -0.0954. The smallest absolute Gasteiger partial charge is 0.245 e. The van der Waals surface area contributed by atoms with E-state index in [1.54, 1.807) is 0 Å². The monoisotopic (exact) mass is 247 g/mol. The molecule has 0 unspecified atom stereocenters. The van der Waals surface area contributed by atoms with Gasteiger partial charge in [-0.15, -0.1) is 0 Å². The first-order valence-electron chi connectivity index (χ1n) is 6.46. The summed E-state index contributed by atoms with van der Waals surface area (Å²) in [4.78, 5) is 14.1. The van der Waals surface area contributed by atoms with E-state index in [2.05, 4.69) is 16.7 Å². The van der Waals surface area contributed by atoms with Crippen LogP contribution >= 0.6 is 0 Å². The largest absolute Gasteiger partial charge is 0.373 e. The Hall–Kier alpha value is -1.55. The number of nitrogens with one attached hydrogen (secondary N) is 2. The lowest BCUT2D eigenvalue weighted by Crippen LogP contribution is -2.40. The van der Waals surface area contributed by atoms with Crippen molar-refractivity contribution in [1.82, 2.24) is 10.2 Å². The molecule has 0 aliphatic carbocycles. The fourth-order valence-electron chi connectivity index (χ4n) is 2.32. The quantitative estimate of drug-likeness (QED) is 0.766. The number of fused-ring (bicyclic) bond motifs is 1. The molecule has 1 aliphatic heterocycles. The van der Waals surface area contributed by atoms with Crippen molar-refractivity contribution in [2.45, 2.75) is 18.9 Å². The summed E-state index contributed by atoms with van der Waals surface area (Å²) in [6, 6.07) is 8.03. The van der Waals surface area contributed by atoms with Crippen LogP contribution in [0.2, 0.25) is 0 Å². The number of para-hydroxylation sites is 1. The van der Waals surface area contributed by atoms with E-state index in [4.69, 9.17) is 0 Å². The lowest BCUT2D eigenvalue weighted by Gasteiger charge is -2.21. The van der Waals surface area contributed by atoms with Gasteiger partial charge in [-0.25, -0.2) is 0 Å². The summed E-state index contributed by atoms with van der Waals surface area (Å²) < 4.78 is 0. The molecule has 0 spiro atoms. The van der Waals surface area contributed by atoms with Crippen LogP contribution in [0.3, 0.4) is 0 Å². The fraction of sp³-hybridized carbons (Fsp3) is 0.500. The average Bonchev–Trinajstić information content (AvgIpc) is 2.81. The molecule has 18 heavy (non-hydrogen) atoms. The normalized spacial score (nSPS) is 17.1. The highest BCUT2D eigenvalue weighted by Crippen LogP contribution is 2.25. The molecule has 98 valence electrons. The molecule has 2 N–H and O–H groups in total. The van der Waals surface area contributed by atoms with Gasteiger partial charge in [0.15, 0.2) is 0 Å². The number of anilines is 1. The molecule has 4 nitrogen and oxygen atoms in total. The number of rotatable bonds is 5. The van der Waals surface area contributed by atoms with E-state index in [9.17, 15) is 4.79 Å². The van der Waals surface area contributed by atoms with Crippen LogP contribution in [0.1, 0.15) is 12.0 Å². The summed E-state index contributed by atoms with van der Waals surface area (Å²) in [7, 11) is 3.81. The Balaban J connectivity index is 1.88. The maximum Gasteiger partial charge on any atom is 0.245 e. The molecule has 4 heteroatoms. The molecule has 0 saturated carbocycles. The number of hydrogen-bond acceptors (Lipinski definition) is 3. The zero-order chi connectivity index (χ0) is 13.0. The number of nitrogens with zero attached hydrogens (tertiary/aromatic N) is 1. The van der Waals surface area contributed by atoms with Gasteiger partial charge in [0.1, 0.15) is 6.04 Å². The van der Waals surface area contributed by atoms with Gasteiger partial charge >= 0.3 is 0 Å². The van der Waals surface area contributed by atoms with Gasteiger partial charge in [0.25, 0.3) is 0 Å². The van der Waals surface area contributed by atoms with Crippen molar-refractivity contribution in [2.24, 2.45) is 0 Å². The zero-order valence-electron chi connectivity index (χ0n) is 11.1. The van der Waals surface area contributed by atoms with Crippen LogP contribution in [0.25, 0.3) is 0 Å². The molecule has 0 saturated heterocycles. The molecule has 1 aromatic carbocycles. The van der Waals surface area contributed by atoms with Gasteiger partial charge < -0.3 is 15.5 Å². The van der Waals surface area contributed by atoms with Crippen molar-refractivity contribution in [3.8, 4) is 0 Å². The molecule has 0 radical (unpaired) electrons. The number of benzene rings is 1. The van der Waals surface area contributed by atoms with Crippen molar-refractivity contribution >= 4 is 11.6 Å². The van der Waals surface area contributed by atoms with Crippen LogP contribution in [0, 0.1) is 0 Å². The van der Waals surface area contributed by atoms with Gasteiger partial charge in [0.05, 0.1) is 0 Å². The summed E-state index contributed by atoms with van der Waals surface area (Å²) in [5.41, 5.74) is 2.33. The Morgan fingerprint density at radius 2 is 2.28 bits per heavy atom. The minimum absolute atomic E-state index is 0.0954. The molecule has 0 aromatic heterocycles. The number of carbonyl (C=O) groups excluding carboxylic acids is 1. The van der Waals surface area contributed by atoms with Crippen molar-refractivity contribution in [2.75, 3.05) is 32.5 Å². The van der Waals surface area contributed by atoms with Crippen molar-refractivity contribution in [3.05, 3.63) is 29.8 Å². The van der Waals surface area contributed by atoms with E-state index in [1.165, 1.54) is 5.56 Å². The van der Waals surface area contributed by atoms with Crippen LogP contribution < -0.4 is 10.6 Å². The van der Waals surface area contributed by atoms with Gasteiger partial charge in [-0.05, 0) is 31.6 Å². The Morgan fingerprint density at radius 3 is 3.00 bits per heavy atom. The molecule has 1 atom stereocenters. The fourth-order valence-corrected chi connectivity index (χ4v) is 2.32. The SMILES string of the molecule is CNCCCN(C)C(=O)[C@@H]1Cc2ccccc2N1. The Kier molecular flexibility index (Phi) is 4.20. The highest BCUT2D eigenvalue weighted by molar-refractivity contribution is 5.87. The lowest BCUT2D eigenvalue weighted by atomic mass is 10.1. The van der Waals surface area contributed by atoms with Gasteiger partial charge in [0.2, 0.25) is 5.91 Å². The zero-order valence-corrected chi connectivity index (χ0v) is 11.1. The molecule has 0 bridgehead atoms. The number of likely N-dealkylation sites (N-methyl/N-ethyl adjacent to an activating group) is 1. The molecule has 1 amide bonds. The van der Waals surface area contributed by atoms with E-state index in [-0.39, 0.29) is 11.9 Å². The maximum absolute atomic E-state index is 12.3. The van der Waals surface area contributed by atoms with Crippen LogP contribution in [-0.4, -0.2) is 44.0 Å². The van der Waals surface area contributed by atoms with Crippen LogP contribution in [0.4, 0.5) is 5.69 Å². The summed E-state index contributed by atoms with van der Waals surface area (Å²) in [5, 5.41) is 6.39. The van der Waals surface area contributed by atoms with Crippen molar-refractivity contribution < 1.29 is 4.79 Å². The van der Waals surface area contributed by atoms with E-state index in [1.807, 2.05) is 37.2 Å². The topological polar surface area (TPSA) is 44.4 Å². The molecular weight excluding hydrogens is 226 g/mol. The van der Waals surface area contributed by atoms with Gasteiger partial charge in [-0.1, -0.05) is 18.2 Å². The Bertz CT molecular complexity index is 394. The second kappa shape index (κ2) is 5.87. The first-order chi connectivity index (χ1) is 8.72. The molecule has 1 aromatic rings. The summed E-state index contributed by atoms with van der Waals surface area (Å²) in [5.74, 6) is 0.183. The highest BCUT2D eigenvalue weighted by atomic mass is 16.2. The van der Waals surface area contributed by atoms with Crippen LogP contribution in [0.15, 0.2) is 24.3 Å². The summed E-state index contributed by atoms with van der Waals surface area (Å²) in [6.45, 7) is 1.74. The van der Waals surface area contributed by atoms with Gasteiger partial charge in [-0.2, -0.15) is 0 Å². The third-order valence-corrected chi connectivity index (χ3v) is 3.37. The van der Waals surface area contributed by atoms with E-state index < -0.39 is 0 Å². The van der Waals surface area contributed by atoms with Gasteiger partial charge in [-0.3, -0.25) is 4.79 Å². The molecule has 1 aliphatic rings. The molecule has 2 rings (SSSR count). The van der Waals surface area contributed by atoms with Crippen LogP contribution in [-0.2, 0) is 11.2 Å². The predicted octanol–water partition coefficient (Wildman–Crippen LogP) is 1.09. The van der Waals surface area contributed by atoms with E-state index in [0.717, 1.165) is 31.6 Å². The number of amides is 1. The molecular formula is C14H21N3O. The first kappa shape index (κ1) is 12.9. The molecule has 1 heterocycles. The average molecular weight is 247 g/mol. The van der Waals surface area contributed by atoms with Crippen molar-refractivity contribution in [1.29, 1.82) is 0 Å². The number of hydrogen-bond donors (Lipinski definition) is 2. The highest BCUT2D eigenvalue weighted by Gasteiger charge is 2.28. The third-order valence-electron chi connectivity index (χ3n) is 3.37. The second-order valence-electron chi connectivity index (χ2n) is 4.78. The van der Waals surface area contributed by atoms with E-state index >= 15 is 0 Å². The Labute approximate surface area is 108 Å². The summed E-state index contributed by atoms with van der Waals surface area (Å²) in [6.07, 6.45) is 1.78. The first-order valence-corrected chi connectivity index (χ1v) is 6.46. The van der Waals surface area contributed by atoms with Crippen molar-refractivity contribution in [3.63, 3.8) is 0 Å². The summed E-state index contributed by atoms with van der Waals surface area (Å²) >= 11 is 0. The van der Waals surface area contributed by atoms with Crippen LogP contribution in [0.5, 0.6) is 0 Å². The van der Waals surface area contributed by atoms with Gasteiger partial charge in [0, 0.05) is 25.7 Å². The number of carbonyl (C=O) groups is 1. The Morgan fingerprint density at radius 1 is 1.50 bits per heavy atom. The predicted molar refractivity (Wildman–Crippen MR) is 73.7 cm³/mol. The molecule has 0 fully saturated rings. The second-order valence-corrected chi connectivity index (χ2v) is 4.78. The standard InChI is InChI=1S/C14H21N3O/c1-15-8-5-9-17(2)14(18)13-10-11-6-3-4-7-12(11)16-13/h3-4,6-7,13,15-16H,5,8-10H2,1-2H3/t13-/m0/s1. The minimum Gasteiger partial charge on any atom is -0.373 e. The maximum atomic E-state index is 12.3. The third kappa shape index (κ3) is 2.82. The van der Waals surface area contributed by atoms with E-state index in [0.29, 0.717) is 0 Å².